The van der Waals surface area contributed by atoms with Crippen LogP contribution in [0.2, 0.25) is 0 Å². The van der Waals surface area contributed by atoms with Gasteiger partial charge in [0.15, 0.2) is 0 Å². The summed E-state index contributed by atoms with van der Waals surface area (Å²) in [6.07, 6.45) is 8.91. The quantitative estimate of drug-likeness (QED) is 0.763. The van der Waals surface area contributed by atoms with Crippen LogP contribution in [-0.2, 0) is 14.8 Å². The first kappa shape index (κ1) is 17.2. The van der Waals surface area contributed by atoms with E-state index in [0.717, 1.165) is 39.0 Å². The molecule has 0 aromatic rings. The van der Waals surface area contributed by atoms with Crippen molar-refractivity contribution >= 4 is 15.9 Å². The number of amides is 1. The number of carbonyl (C=O) groups excluding carboxylic acids is 1. The van der Waals surface area contributed by atoms with E-state index >= 15 is 0 Å². The van der Waals surface area contributed by atoms with Gasteiger partial charge in [0, 0.05) is 38.8 Å². The van der Waals surface area contributed by atoms with E-state index in [1.54, 1.807) is 0 Å². The minimum Gasteiger partial charge on any atom is -0.339 e. The summed E-state index contributed by atoms with van der Waals surface area (Å²) in [7, 11) is -3.31. The van der Waals surface area contributed by atoms with Gasteiger partial charge in [-0.05, 0) is 25.7 Å². The topological polar surface area (TPSA) is 60.9 Å². The van der Waals surface area contributed by atoms with Gasteiger partial charge in [-0.2, -0.15) is 4.31 Å². The lowest BCUT2D eigenvalue weighted by Crippen LogP contribution is -2.57. The molecule has 1 unspecified atom stereocenters. The molecule has 2 heterocycles. The van der Waals surface area contributed by atoms with Crippen LogP contribution in [0, 0.1) is 0 Å². The van der Waals surface area contributed by atoms with E-state index in [9.17, 15) is 13.2 Å². The van der Waals surface area contributed by atoms with Gasteiger partial charge in [0.05, 0.1) is 6.26 Å². The zero-order chi connectivity index (χ0) is 16.4. The molecule has 23 heavy (non-hydrogen) atoms. The van der Waals surface area contributed by atoms with Gasteiger partial charge in [0.2, 0.25) is 15.9 Å². The highest BCUT2D eigenvalue weighted by molar-refractivity contribution is 7.88. The van der Waals surface area contributed by atoms with Gasteiger partial charge in [-0.1, -0.05) is 19.3 Å². The molecular formula is C16H29N3O3S. The van der Waals surface area contributed by atoms with Crippen LogP contribution in [0.3, 0.4) is 0 Å². The Kier molecular flexibility index (Phi) is 5.28. The third-order valence-corrected chi connectivity index (χ3v) is 6.92. The molecule has 1 amide bonds. The molecule has 1 atom stereocenters. The fraction of sp³-hybridized carbons (Fsp3) is 0.938. The normalized spacial score (nSPS) is 29.1. The fourth-order valence-corrected chi connectivity index (χ4v) is 5.45. The number of sulfonamides is 1. The van der Waals surface area contributed by atoms with E-state index in [0.29, 0.717) is 19.0 Å². The summed E-state index contributed by atoms with van der Waals surface area (Å²) >= 11 is 0. The SMILES string of the molecule is CS(=O)(=O)N1CCCCC1C(=O)N1CCN(C2CCCC2)CC1. The van der Waals surface area contributed by atoms with Gasteiger partial charge in [-0.25, -0.2) is 8.42 Å². The second kappa shape index (κ2) is 7.07. The standard InChI is InChI=1S/C16H29N3O3S/c1-23(21,22)19-9-5-4-8-15(19)16(20)18-12-10-17(11-13-18)14-6-2-3-7-14/h14-15H,2-13H2,1H3. The van der Waals surface area contributed by atoms with Crippen molar-refractivity contribution in [2.45, 2.75) is 57.0 Å². The van der Waals surface area contributed by atoms with Crippen LogP contribution in [0.15, 0.2) is 0 Å². The monoisotopic (exact) mass is 343 g/mol. The average molecular weight is 343 g/mol. The highest BCUT2D eigenvalue weighted by atomic mass is 32.2. The number of hydrogen-bond acceptors (Lipinski definition) is 4. The molecule has 3 fully saturated rings. The number of hydrogen-bond donors (Lipinski definition) is 0. The highest BCUT2D eigenvalue weighted by Gasteiger charge is 2.38. The highest BCUT2D eigenvalue weighted by Crippen LogP contribution is 2.26. The van der Waals surface area contributed by atoms with Crippen LogP contribution in [-0.4, -0.2) is 79.5 Å². The van der Waals surface area contributed by atoms with Crippen molar-refractivity contribution in [3.8, 4) is 0 Å². The zero-order valence-electron chi connectivity index (χ0n) is 14.1. The van der Waals surface area contributed by atoms with Crippen LogP contribution < -0.4 is 0 Å². The first-order chi connectivity index (χ1) is 11.0. The summed E-state index contributed by atoms with van der Waals surface area (Å²) in [5.74, 6) is 0.0150. The Bertz CT molecular complexity index is 523. The molecule has 0 bridgehead atoms. The molecule has 7 heteroatoms. The first-order valence-electron chi connectivity index (χ1n) is 8.96. The van der Waals surface area contributed by atoms with Crippen molar-refractivity contribution in [3.63, 3.8) is 0 Å². The van der Waals surface area contributed by atoms with Crippen LogP contribution in [0.25, 0.3) is 0 Å². The minimum absolute atomic E-state index is 0.0150. The largest absolute Gasteiger partial charge is 0.339 e. The Balaban J connectivity index is 1.59. The summed E-state index contributed by atoms with van der Waals surface area (Å²) in [5.41, 5.74) is 0. The predicted molar refractivity (Wildman–Crippen MR) is 89.6 cm³/mol. The third-order valence-electron chi connectivity index (χ3n) is 5.63. The fourth-order valence-electron chi connectivity index (χ4n) is 4.34. The molecule has 6 nitrogen and oxygen atoms in total. The van der Waals surface area contributed by atoms with Crippen molar-refractivity contribution in [3.05, 3.63) is 0 Å². The van der Waals surface area contributed by atoms with Gasteiger partial charge in [-0.15, -0.1) is 0 Å². The van der Waals surface area contributed by atoms with Crippen molar-refractivity contribution < 1.29 is 13.2 Å². The molecule has 0 radical (unpaired) electrons. The van der Waals surface area contributed by atoms with Gasteiger partial charge >= 0.3 is 0 Å². The van der Waals surface area contributed by atoms with Gasteiger partial charge < -0.3 is 4.90 Å². The van der Waals surface area contributed by atoms with Crippen molar-refractivity contribution in [1.82, 2.24) is 14.1 Å². The molecule has 2 saturated heterocycles. The Morgan fingerprint density at radius 2 is 1.48 bits per heavy atom. The molecule has 3 aliphatic rings. The van der Waals surface area contributed by atoms with Crippen molar-refractivity contribution in [2.75, 3.05) is 39.0 Å². The molecule has 0 spiro atoms. The van der Waals surface area contributed by atoms with Crippen LogP contribution in [0.4, 0.5) is 0 Å². The van der Waals surface area contributed by atoms with E-state index in [1.807, 2.05) is 4.90 Å². The van der Waals surface area contributed by atoms with E-state index in [1.165, 1.54) is 36.2 Å². The van der Waals surface area contributed by atoms with Crippen molar-refractivity contribution in [2.24, 2.45) is 0 Å². The summed E-state index contributed by atoms with van der Waals surface area (Å²) in [6.45, 7) is 3.83. The van der Waals surface area contributed by atoms with Gasteiger partial charge in [0.25, 0.3) is 0 Å². The Morgan fingerprint density at radius 3 is 2.09 bits per heavy atom. The molecule has 0 aromatic heterocycles. The smallest absolute Gasteiger partial charge is 0.241 e. The number of nitrogens with zero attached hydrogens (tertiary/aromatic N) is 3. The molecule has 1 saturated carbocycles. The minimum atomic E-state index is -3.31. The number of rotatable bonds is 3. The van der Waals surface area contributed by atoms with Crippen molar-refractivity contribution in [1.29, 1.82) is 0 Å². The zero-order valence-corrected chi connectivity index (χ0v) is 14.9. The van der Waals surface area contributed by atoms with E-state index in [2.05, 4.69) is 4.90 Å². The molecular weight excluding hydrogens is 314 g/mol. The second-order valence-electron chi connectivity index (χ2n) is 7.18. The molecule has 0 aromatic carbocycles. The molecule has 1 aliphatic carbocycles. The molecule has 0 N–H and O–H groups in total. The Morgan fingerprint density at radius 1 is 0.870 bits per heavy atom. The van der Waals surface area contributed by atoms with Gasteiger partial charge in [0.1, 0.15) is 6.04 Å². The van der Waals surface area contributed by atoms with Gasteiger partial charge in [-0.3, -0.25) is 9.69 Å². The summed E-state index contributed by atoms with van der Waals surface area (Å²) in [6, 6.07) is 0.228. The van der Waals surface area contributed by atoms with Crippen LogP contribution in [0.1, 0.15) is 44.9 Å². The predicted octanol–water partition coefficient (Wildman–Crippen LogP) is 0.887. The molecule has 2 aliphatic heterocycles. The second-order valence-corrected chi connectivity index (χ2v) is 9.12. The molecule has 3 rings (SSSR count). The maximum absolute atomic E-state index is 12.8. The third kappa shape index (κ3) is 3.88. The average Bonchev–Trinajstić information content (AvgIpc) is 3.08. The first-order valence-corrected chi connectivity index (χ1v) is 10.8. The summed E-state index contributed by atoms with van der Waals surface area (Å²) < 4.78 is 25.3. The maximum Gasteiger partial charge on any atom is 0.241 e. The number of piperidine rings is 1. The number of carbonyl (C=O) groups is 1. The maximum atomic E-state index is 12.8. The van der Waals surface area contributed by atoms with E-state index < -0.39 is 16.1 Å². The lowest BCUT2D eigenvalue weighted by Gasteiger charge is -2.41. The number of piperazine rings is 1. The lowest BCUT2D eigenvalue weighted by molar-refractivity contribution is -0.138. The molecule has 132 valence electrons. The van der Waals surface area contributed by atoms with Crippen LogP contribution in [0.5, 0.6) is 0 Å². The summed E-state index contributed by atoms with van der Waals surface area (Å²) in [4.78, 5) is 17.2. The van der Waals surface area contributed by atoms with Crippen LogP contribution >= 0.6 is 0 Å². The van der Waals surface area contributed by atoms with E-state index in [4.69, 9.17) is 0 Å². The van der Waals surface area contributed by atoms with E-state index in [-0.39, 0.29) is 5.91 Å². The Hall–Kier alpha value is -0.660. The Labute approximate surface area is 139 Å². The summed E-state index contributed by atoms with van der Waals surface area (Å²) in [5, 5.41) is 0. The lowest BCUT2D eigenvalue weighted by atomic mass is 10.0.